The fourth-order valence-corrected chi connectivity index (χ4v) is 1.69. The van der Waals surface area contributed by atoms with Gasteiger partial charge in [0.25, 0.3) is 0 Å². The molecule has 0 aliphatic carbocycles. The van der Waals surface area contributed by atoms with E-state index in [4.69, 9.17) is 5.11 Å². The van der Waals surface area contributed by atoms with E-state index in [0.717, 1.165) is 37.8 Å². The van der Waals surface area contributed by atoms with E-state index in [1.165, 1.54) is 12.3 Å². The van der Waals surface area contributed by atoms with Crippen LogP contribution >= 0.6 is 0 Å². The van der Waals surface area contributed by atoms with Gasteiger partial charge in [0.15, 0.2) is 0 Å². The van der Waals surface area contributed by atoms with Gasteiger partial charge >= 0.3 is 0 Å². The fourth-order valence-electron chi connectivity index (χ4n) is 1.69. The van der Waals surface area contributed by atoms with E-state index >= 15 is 0 Å². The van der Waals surface area contributed by atoms with Crippen LogP contribution in [0.3, 0.4) is 0 Å². The summed E-state index contributed by atoms with van der Waals surface area (Å²) in [4.78, 5) is 3.83. The van der Waals surface area contributed by atoms with E-state index in [2.05, 4.69) is 10.3 Å². The molecule has 0 saturated carbocycles. The Balaban J connectivity index is 2.19. The van der Waals surface area contributed by atoms with Gasteiger partial charge in [-0.3, -0.25) is 4.98 Å². The first-order valence-electron chi connectivity index (χ1n) is 6.18. The standard InChI is InChI=1S/C13H21FN2O/c1-11(12-8-13(14)10-15-9-12)16-6-4-2-3-5-7-17/h8-11,16-17H,2-7H2,1H3. The Morgan fingerprint density at radius 2 is 2.06 bits per heavy atom. The highest BCUT2D eigenvalue weighted by Gasteiger charge is 2.05. The van der Waals surface area contributed by atoms with Gasteiger partial charge in [0, 0.05) is 18.8 Å². The lowest BCUT2D eigenvalue weighted by molar-refractivity contribution is 0.282. The van der Waals surface area contributed by atoms with Crippen molar-refractivity contribution in [2.45, 2.75) is 38.6 Å². The Hall–Kier alpha value is -1.00. The third-order valence-electron chi connectivity index (χ3n) is 2.76. The average molecular weight is 240 g/mol. The molecule has 17 heavy (non-hydrogen) atoms. The lowest BCUT2D eigenvalue weighted by Gasteiger charge is -2.13. The number of hydrogen-bond donors (Lipinski definition) is 2. The number of aliphatic hydroxyl groups is 1. The lowest BCUT2D eigenvalue weighted by Crippen LogP contribution is -2.20. The van der Waals surface area contributed by atoms with Crippen LogP contribution in [0.5, 0.6) is 0 Å². The van der Waals surface area contributed by atoms with Gasteiger partial charge in [-0.05, 0) is 37.9 Å². The Morgan fingerprint density at radius 1 is 1.29 bits per heavy atom. The summed E-state index contributed by atoms with van der Waals surface area (Å²) in [5, 5.41) is 12.0. The second kappa shape index (κ2) is 8.14. The van der Waals surface area contributed by atoms with Crippen LogP contribution in [0.4, 0.5) is 4.39 Å². The first kappa shape index (κ1) is 14.1. The van der Waals surface area contributed by atoms with Gasteiger partial charge in [0.2, 0.25) is 0 Å². The molecule has 4 heteroatoms. The minimum Gasteiger partial charge on any atom is -0.396 e. The second-order valence-corrected chi connectivity index (χ2v) is 4.25. The van der Waals surface area contributed by atoms with Crippen molar-refractivity contribution in [1.29, 1.82) is 0 Å². The van der Waals surface area contributed by atoms with Crippen molar-refractivity contribution in [1.82, 2.24) is 10.3 Å². The van der Waals surface area contributed by atoms with E-state index in [1.54, 1.807) is 6.20 Å². The van der Waals surface area contributed by atoms with E-state index in [0.29, 0.717) is 0 Å². The highest BCUT2D eigenvalue weighted by molar-refractivity contribution is 5.14. The van der Waals surface area contributed by atoms with Crippen LogP contribution in [-0.2, 0) is 0 Å². The quantitative estimate of drug-likeness (QED) is 0.686. The smallest absolute Gasteiger partial charge is 0.141 e. The zero-order valence-corrected chi connectivity index (χ0v) is 10.3. The number of nitrogens with one attached hydrogen (secondary N) is 1. The molecule has 3 nitrogen and oxygen atoms in total. The molecule has 0 amide bonds. The Morgan fingerprint density at radius 3 is 2.76 bits per heavy atom. The van der Waals surface area contributed by atoms with Gasteiger partial charge in [-0.2, -0.15) is 0 Å². The maximum atomic E-state index is 12.9. The topological polar surface area (TPSA) is 45.1 Å². The normalized spacial score (nSPS) is 12.6. The van der Waals surface area contributed by atoms with Gasteiger partial charge < -0.3 is 10.4 Å². The molecule has 0 fully saturated rings. The zero-order chi connectivity index (χ0) is 12.5. The second-order valence-electron chi connectivity index (χ2n) is 4.25. The van der Waals surface area contributed by atoms with E-state index in [9.17, 15) is 4.39 Å². The maximum Gasteiger partial charge on any atom is 0.141 e. The maximum absolute atomic E-state index is 12.9. The average Bonchev–Trinajstić information content (AvgIpc) is 2.33. The number of nitrogens with zero attached hydrogens (tertiary/aromatic N) is 1. The Labute approximate surface area is 102 Å². The molecule has 1 atom stereocenters. The Bertz CT molecular complexity index is 320. The van der Waals surface area contributed by atoms with Crippen molar-refractivity contribution in [3.8, 4) is 0 Å². The molecule has 1 unspecified atom stereocenters. The molecule has 1 rings (SSSR count). The van der Waals surface area contributed by atoms with Crippen LogP contribution in [0.1, 0.15) is 44.2 Å². The number of halogens is 1. The minimum atomic E-state index is -0.293. The number of aromatic nitrogens is 1. The molecule has 0 radical (unpaired) electrons. The van der Waals surface area contributed by atoms with Crippen molar-refractivity contribution in [2.24, 2.45) is 0 Å². The van der Waals surface area contributed by atoms with Crippen LogP contribution in [0.15, 0.2) is 18.5 Å². The van der Waals surface area contributed by atoms with Gasteiger partial charge in [0.1, 0.15) is 5.82 Å². The largest absolute Gasteiger partial charge is 0.396 e. The third kappa shape index (κ3) is 5.75. The Kier molecular flexibility index (Phi) is 6.74. The summed E-state index contributed by atoms with van der Waals surface area (Å²) >= 11 is 0. The monoisotopic (exact) mass is 240 g/mol. The SMILES string of the molecule is CC(NCCCCCCO)c1cncc(F)c1. The van der Waals surface area contributed by atoms with Crippen molar-refractivity contribution >= 4 is 0 Å². The lowest BCUT2D eigenvalue weighted by atomic mass is 10.1. The van der Waals surface area contributed by atoms with Crippen LogP contribution in [0.25, 0.3) is 0 Å². The molecule has 1 heterocycles. The van der Waals surface area contributed by atoms with Gasteiger partial charge in [-0.25, -0.2) is 4.39 Å². The van der Waals surface area contributed by atoms with E-state index in [1.807, 2.05) is 6.92 Å². The molecule has 1 aromatic rings. The van der Waals surface area contributed by atoms with E-state index < -0.39 is 0 Å². The number of pyridine rings is 1. The molecular formula is C13H21FN2O. The number of rotatable bonds is 8. The van der Waals surface area contributed by atoms with Crippen molar-refractivity contribution in [3.63, 3.8) is 0 Å². The number of aliphatic hydroxyl groups excluding tert-OH is 1. The van der Waals surface area contributed by atoms with Crippen LogP contribution in [0, 0.1) is 5.82 Å². The zero-order valence-electron chi connectivity index (χ0n) is 10.3. The summed E-state index contributed by atoms with van der Waals surface area (Å²) < 4.78 is 12.9. The first-order valence-corrected chi connectivity index (χ1v) is 6.18. The molecule has 1 aromatic heterocycles. The molecular weight excluding hydrogens is 219 g/mol. The predicted molar refractivity (Wildman–Crippen MR) is 66.2 cm³/mol. The van der Waals surface area contributed by atoms with Gasteiger partial charge in [-0.15, -0.1) is 0 Å². The fraction of sp³-hybridized carbons (Fsp3) is 0.615. The highest BCUT2D eigenvalue weighted by atomic mass is 19.1. The van der Waals surface area contributed by atoms with Crippen molar-refractivity contribution in [3.05, 3.63) is 29.8 Å². The summed E-state index contributed by atoms with van der Waals surface area (Å²) in [6.45, 7) is 3.19. The van der Waals surface area contributed by atoms with Crippen molar-refractivity contribution in [2.75, 3.05) is 13.2 Å². The van der Waals surface area contributed by atoms with Gasteiger partial charge in [0.05, 0.1) is 6.20 Å². The third-order valence-corrected chi connectivity index (χ3v) is 2.76. The summed E-state index contributed by atoms with van der Waals surface area (Å²) in [5.41, 5.74) is 0.875. The van der Waals surface area contributed by atoms with Crippen molar-refractivity contribution < 1.29 is 9.50 Å². The first-order chi connectivity index (χ1) is 8.24. The summed E-state index contributed by atoms with van der Waals surface area (Å²) in [6, 6.07) is 1.63. The summed E-state index contributed by atoms with van der Waals surface area (Å²) in [7, 11) is 0. The molecule has 2 N–H and O–H groups in total. The minimum absolute atomic E-state index is 0.121. The van der Waals surface area contributed by atoms with Crippen LogP contribution in [0.2, 0.25) is 0 Å². The molecule has 0 aromatic carbocycles. The van der Waals surface area contributed by atoms with Crippen LogP contribution in [-0.4, -0.2) is 23.2 Å². The number of hydrogen-bond acceptors (Lipinski definition) is 3. The summed E-state index contributed by atoms with van der Waals surface area (Å²) in [6.07, 6.45) is 7.03. The van der Waals surface area contributed by atoms with Gasteiger partial charge in [-0.1, -0.05) is 12.8 Å². The number of unbranched alkanes of at least 4 members (excludes halogenated alkanes) is 3. The molecule has 0 bridgehead atoms. The molecule has 0 aliphatic heterocycles. The molecule has 0 aliphatic rings. The summed E-state index contributed by atoms with van der Waals surface area (Å²) in [5.74, 6) is -0.293. The predicted octanol–water partition coefficient (Wildman–Crippen LogP) is 2.42. The van der Waals surface area contributed by atoms with E-state index in [-0.39, 0.29) is 18.5 Å². The molecule has 96 valence electrons. The van der Waals surface area contributed by atoms with Crippen LogP contribution < -0.4 is 5.32 Å². The highest BCUT2D eigenvalue weighted by Crippen LogP contribution is 2.11. The molecule has 0 spiro atoms. The molecule has 0 saturated heterocycles.